The van der Waals surface area contributed by atoms with Gasteiger partial charge in [0.25, 0.3) is 0 Å². The zero-order valence-corrected chi connectivity index (χ0v) is 13.0. The SMILES string of the molecule is O=C([C@@H]1CC(=O)N(c2cccc(C(F)(F)F)c2)C1)N1CCNCC1. The van der Waals surface area contributed by atoms with Gasteiger partial charge in [-0.25, -0.2) is 0 Å². The van der Waals surface area contributed by atoms with E-state index >= 15 is 0 Å². The Labute approximate surface area is 137 Å². The van der Waals surface area contributed by atoms with Crippen LogP contribution in [-0.2, 0) is 15.8 Å². The molecule has 8 heteroatoms. The molecule has 1 atom stereocenters. The van der Waals surface area contributed by atoms with Crippen LogP contribution in [0.2, 0.25) is 0 Å². The van der Waals surface area contributed by atoms with Gasteiger partial charge in [0.05, 0.1) is 11.5 Å². The number of benzene rings is 1. The molecule has 0 spiro atoms. The average Bonchev–Trinajstić information content (AvgIpc) is 2.96. The number of hydrogen-bond donors (Lipinski definition) is 1. The fourth-order valence-electron chi connectivity index (χ4n) is 3.12. The first-order chi connectivity index (χ1) is 11.4. The van der Waals surface area contributed by atoms with E-state index in [1.54, 1.807) is 4.90 Å². The van der Waals surface area contributed by atoms with Gasteiger partial charge in [-0.1, -0.05) is 6.07 Å². The number of carbonyl (C=O) groups excluding carboxylic acids is 2. The van der Waals surface area contributed by atoms with E-state index < -0.39 is 17.7 Å². The minimum atomic E-state index is -4.46. The summed E-state index contributed by atoms with van der Waals surface area (Å²) in [5.41, 5.74) is -0.616. The van der Waals surface area contributed by atoms with Crippen molar-refractivity contribution in [2.24, 2.45) is 5.92 Å². The van der Waals surface area contributed by atoms with Crippen LogP contribution in [0.15, 0.2) is 24.3 Å². The van der Waals surface area contributed by atoms with Crippen molar-refractivity contribution in [2.75, 3.05) is 37.6 Å². The Morgan fingerprint density at radius 3 is 2.58 bits per heavy atom. The number of hydrogen-bond acceptors (Lipinski definition) is 3. The maximum atomic E-state index is 12.8. The summed E-state index contributed by atoms with van der Waals surface area (Å²) in [5.74, 6) is -0.910. The van der Waals surface area contributed by atoms with Gasteiger partial charge >= 0.3 is 6.18 Å². The average molecular weight is 341 g/mol. The summed E-state index contributed by atoms with van der Waals surface area (Å²) in [5, 5.41) is 3.15. The molecule has 5 nitrogen and oxygen atoms in total. The van der Waals surface area contributed by atoms with Gasteiger partial charge in [-0.3, -0.25) is 9.59 Å². The lowest BCUT2D eigenvalue weighted by molar-refractivity contribution is -0.137. The number of halogens is 3. The molecule has 2 heterocycles. The van der Waals surface area contributed by atoms with Gasteiger partial charge in [-0.05, 0) is 18.2 Å². The van der Waals surface area contributed by atoms with Crippen LogP contribution >= 0.6 is 0 Å². The van der Waals surface area contributed by atoms with Crippen LogP contribution in [0.25, 0.3) is 0 Å². The molecular formula is C16H18F3N3O2. The standard InChI is InChI=1S/C16H18F3N3O2/c17-16(18,19)12-2-1-3-13(9-12)22-10-11(8-14(22)23)15(24)21-6-4-20-5-7-21/h1-3,9,11,20H,4-8,10H2/t11-/m1/s1. The lowest BCUT2D eigenvalue weighted by Gasteiger charge is -2.29. The molecule has 0 aromatic heterocycles. The first-order valence-electron chi connectivity index (χ1n) is 7.83. The molecule has 130 valence electrons. The fraction of sp³-hybridized carbons (Fsp3) is 0.500. The maximum absolute atomic E-state index is 12.8. The highest BCUT2D eigenvalue weighted by molar-refractivity contribution is 6.00. The third-order valence-corrected chi connectivity index (χ3v) is 4.39. The van der Waals surface area contributed by atoms with Crippen LogP contribution in [0.4, 0.5) is 18.9 Å². The quantitative estimate of drug-likeness (QED) is 0.887. The van der Waals surface area contributed by atoms with Crippen molar-refractivity contribution in [1.82, 2.24) is 10.2 Å². The molecule has 3 rings (SSSR count). The lowest BCUT2D eigenvalue weighted by atomic mass is 10.1. The summed E-state index contributed by atoms with van der Waals surface area (Å²) in [6.45, 7) is 2.73. The van der Waals surface area contributed by atoms with Gasteiger partial charge in [0, 0.05) is 44.8 Å². The summed E-state index contributed by atoms with van der Waals surface area (Å²) < 4.78 is 38.5. The molecular weight excluding hydrogens is 323 g/mol. The topological polar surface area (TPSA) is 52.7 Å². The van der Waals surface area contributed by atoms with E-state index in [1.165, 1.54) is 17.0 Å². The summed E-state index contributed by atoms with van der Waals surface area (Å²) in [7, 11) is 0. The van der Waals surface area contributed by atoms with Crippen LogP contribution < -0.4 is 10.2 Å². The molecule has 2 saturated heterocycles. The zero-order valence-electron chi connectivity index (χ0n) is 13.0. The normalized spacial score (nSPS) is 22.1. The summed E-state index contributed by atoms with van der Waals surface area (Å²) in [4.78, 5) is 27.7. The Morgan fingerprint density at radius 2 is 1.92 bits per heavy atom. The van der Waals surface area contributed by atoms with E-state index in [0.29, 0.717) is 26.2 Å². The zero-order chi connectivity index (χ0) is 17.3. The molecule has 2 fully saturated rings. The molecule has 0 radical (unpaired) electrons. The molecule has 0 unspecified atom stereocenters. The van der Waals surface area contributed by atoms with Crippen LogP contribution in [0.1, 0.15) is 12.0 Å². The Hall–Kier alpha value is -2.09. The monoisotopic (exact) mass is 341 g/mol. The maximum Gasteiger partial charge on any atom is 0.416 e. The molecule has 2 amide bonds. The minimum absolute atomic E-state index is 0.0407. The second kappa shape index (κ2) is 6.43. The molecule has 0 saturated carbocycles. The number of carbonyl (C=O) groups is 2. The molecule has 1 aromatic carbocycles. The highest BCUT2D eigenvalue weighted by Crippen LogP contribution is 2.33. The third-order valence-electron chi connectivity index (χ3n) is 4.39. The lowest BCUT2D eigenvalue weighted by Crippen LogP contribution is -2.48. The first kappa shape index (κ1) is 16.8. The van der Waals surface area contributed by atoms with Crippen LogP contribution in [-0.4, -0.2) is 49.4 Å². The Balaban J connectivity index is 1.74. The van der Waals surface area contributed by atoms with Crippen LogP contribution in [0.3, 0.4) is 0 Å². The smallest absolute Gasteiger partial charge is 0.340 e. The molecule has 0 bridgehead atoms. The van der Waals surface area contributed by atoms with E-state index in [4.69, 9.17) is 0 Å². The predicted molar refractivity (Wildman–Crippen MR) is 81.4 cm³/mol. The summed E-state index contributed by atoms with van der Waals surface area (Å²) >= 11 is 0. The first-order valence-corrected chi connectivity index (χ1v) is 7.83. The molecule has 2 aliphatic rings. The third kappa shape index (κ3) is 3.38. The van der Waals surface area contributed by atoms with Gasteiger partial charge < -0.3 is 15.1 Å². The Morgan fingerprint density at radius 1 is 1.21 bits per heavy atom. The number of amides is 2. The van der Waals surface area contributed by atoms with Crippen molar-refractivity contribution in [1.29, 1.82) is 0 Å². The number of nitrogens with one attached hydrogen (secondary N) is 1. The van der Waals surface area contributed by atoms with Gasteiger partial charge in [-0.2, -0.15) is 13.2 Å². The van der Waals surface area contributed by atoms with Gasteiger partial charge in [0.1, 0.15) is 0 Å². The fourth-order valence-corrected chi connectivity index (χ4v) is 3.12. The number of nitrogens with zero attached hydrogens (tertiary/aromatic N) is 2. The Kier molecular flexibility index (Phi) is 4.49. The number of rotatable bonds is 2. The van der Waals surface area contributed by atoms with Crippen molar-refractivity contribution in [3.05, 3.63) is 29.8 Å². The van der Waals surface area contributed by atoms with Crippen molar-refractivity contribution >= 4 is 17.5 Å². The largest absolute Gasteiger partial charge is 0.416 e. The van der Waals surface area contributed by atoms with Gasteiger partial charge in [-0.15, -0.1) is 0 Å². The van der Waals surface area contributed by atoms with Crippen molar-refractivity contribution in [3.63, 3.8) is 0 Å². The number of anilines is 1. The number of alkyl halides is 3. The molecule has 1 N–H and O–H groups in total. The van der Waals surface area contributed by atoms with Crippen molar-refractivity contribution in [3.8, 4) is 0 Å². The molecule has 2 aliphatic heterocycles. The van der Waals surface area contributed by atoms with Crippen LogP contribution in [0.5, 0.6) is 0 Å². The molecule has 1 aromatic rings. The molecule has 24 heavy (non-hydrogen) atoms. The summed E-state index contributed by atoms with van der Waals surface area (Å²) in [6, 6.07) is 4.66. The highest BCUT2D eigenvalue weighted by Gasteiger charge is 2.38. The summed E-state index contributed by atoms with van der Waals surface area (Å²) in [6.07, 6.45) is -4.42. The Bertz CT molecular complexity index is 642. The van der Waals surface area contributed by atoms with Gasteiger partial charge in [0.15, 0.2) is 0 Å². The predicted octanol–water partition coefficient (Wildman–Crippen LogP) is 1.49. The van der Waals surface area contributed by atoms with Crippen molar-refractivity contribution < 1.29 is 22.8 Å². The number of piperazine rings is 1. The van der Waals surface area contributed by atoms with E-state index in [2.05, 4.69) is 5.32 Å². The van der Waals surface area contributed by atoms with Gasteiger partial charge in [0.2, 0.25) is 11.8 Å². The highest BCUT2D eigenvalue weighted by atomic mass is 19.4. The van der Waals surface area contributed by atoms with E-state index in [0.717, 1.165) is 12.1 Å². The molecule has 0 aliphatic carbocycles. The second-order valence-electron chi connectivity index (χ2n) is 6.03. The van der Waals surface area contributed by atoms with E-state index in [9.17, 15) is 22.8 Å². The minimum Gasteiger partial charge on any atom is -0.340 e. The van der Waals surface area contributed by atoms with E-state index in [1.807, 2.05) is 0 Å². The van der Waals surface area contributed by atoms with Crippen molar-refractivity contribution in [2.45, 2.75) is 12.6 Å². The van der Waals surface area contributed by atoms with E-state index in [-0.39, 0.29) is 30.5 Å². The second-order valence-corrected chi connectivity index (χ2v) is 6.03. The van der Waals surface area contributed by atoms with Crippen LogP contribution in [0, 0.1) is 5.92 Å².